The topological polar surface area (TPSA) is 101 Å². The Balaban J connectivity index is 2.73. The molecule has 2 amide bonds. The van der Waals surface area contributed by atoms with Crippen molar-refractivity contribution >= 4 is 16.1 Å². The van der Waals surface area contributed by atoms with Crippen LogP contribution in [0.3, 0.4) is 0 Å². The van der Waals surface area contributed by atoms with Crippen LogP contribution in [0.1, 0.15) is 32.4 Å². The van der Waals surface area contributed by atoms with Gasteiger partial charge in [0.1, 0.15) is 0 Å². The smallest absolute Gasteiger partial charge is 0.315 e. The van der Waals surface area contributed by atoms with E-state index in [0.29, 0.717) is 0 Å². The first-order valence-electron chi connectivity index (χ1n) is 5.90. The molecule has 0 spiro atoms. The molecule has 7 heteroatoms. The summed E-state index contributed by atoms with van der Waals surface area (Å²) in [5.74, 6) is 0. The molecule has 1 aromatic carbocycles. The van der Waals surface area contributed by atoms with E-state index in [1.165, 1.54) is 12.1 Å². The van der Waals surface area contributed by atoms with Gasteiger partial charge in [-0.15, -0.1) is 0 Å². The highest BCUT2D eigenvalue weighted by molar-refractivity contribution is 7.89. The number of hydrogen-bond acceptors (Lipinski definition) is 3. The number of nitrogens with two attached hydrogens (primary N) is 1. The van der Waals surface area contributed by atoms with Gasteiger partial charge in [-0.2, -0.15) is 0 Å². The highest BCUT2D eigenvalue weighted by atomic mass is 32.2. The molecule has 0 fully saturated rings. The molecular formula is C12H19N3O3S. The van der Waals surface area contributed by atoms with Gasteiger partial charge in [-0.25, -0.2) is 18.4 Å². The number of rotatable bonds is 4. The number of carbonyl (C=O) groups is 1. The lowest BCUT2D eigenvalue weighted by Crippen LogP contribution is -2.40. The van der Waals surface area contributed by atoms with Crippen LogP contribution in [0, 0.1) is 0 Å². The lowest BCUT2D eigenvalue weighted by molar-refractivity contribution is 0.235. The maximum absolute atomic E-state index is 11.5. The first-order chi connectivity index (χ1) is 8.70. The minimum atomic E-state index is -3.68. The molecule has 0 heterocycles. The van der Waals surface area contributed by atoms with Crippen LogP contribution in [0.2, 0.25) is 0 Å². The normalized spacial score (nSPS) is 13.1. The van der Waals surface area contributed by atoms with Crippen molar-refractivity contribution in [3.8, 4) is 0 Å². The molecule has 1 atom stereocenters. The van der Waals surface area contributed by atoms with Crippen molar-refractivity contribution in [2.75, 3.05) is 0 Å². The summed E-state index contributed by atoms with van der Waals surface area (Å²) in [6.45, 7) is 5.54. The number of carbonyl (C=O) groups excluding carboxylic acids is 1. The Kier molecular flexibility index (Phi) is 4.90. The van der Waals surface area contributed by atoms with Gasteiger partial charge in [0, 0.05) is 6.04 Å². The number of nitrogens with one attached hydrogen (secondary N) is 2. The number of urea groups is 1. The van der Waals surface area contributed by atoms with E-state index in [2.05, 4.69) is 10.6 Å². The second kappa shape index (κ2) is 6.03. The van der Waals surface area contributed by atoms with Crippen LogP contribution in [-0.2, 0) is 10.0 Å². The molecular weight excluding hydrogens is 266 g/mol. The summed E-state index contributed by atoms with van der Waals surface area (Å²) in [7, 11) is -3.68. The Bertz CT molecular complexity index is 538. The van der Waals surface area contributed by atoms with Crippen LogP contribution in [0.25, 0.3) is 0 Å². The van der Waals surface area contributed by atoms with Crippen molar-refractivity contribution < 1.29 is 13.2 Å². The molecule has 0 saturated heterocycles. The molecule has 0 radical (unpaired) electrons. The van der Waals surface area contributed by atoms with Gasteiger partial charge < -0.3 is 10.6 Å². The first kappa shape index (κ1) is 15.5. The third-order valence-electron chi connectivity index (χ3n) is 2.48. The molecule has 4 N–H and O–H groups in total. The molecule has 1 rings (SSSR count). The predicted molar refractivity (Wildman–Crippen MR) is 73.0 cm³/mol. The van der Waals surface area contributed by atoms with Crippen molar-refractivity contribution in [3.05, 3.63) is 29.8 Å². The average Bonchev–Trinajstić information content (AvgIpc) is 2.26. The highest BCUT2D eigenvalue weighted by Crippen LogP contribution is 2.15. The number of benzene rings is 1. The van der Waals surface area contributed by atoms with Crippen LogP contribution in [0.4, 0.5) is 4.79 Å². The van der Waals surface area contributed by atoms with Gasteiger partial charge in [0.2, 0.25) is 10.0 Å². The van der Waals surface area contributed by atoms with E-state index in [1.54, 1.807) is 12.1 Å². The molecule has 0 aliphatic heterocycles. The fourth-order valence-corrected chi connectivity index (χ4v) is 2.05. The standard InChI is InChI=1S/C12H19N3O3S/c1-8(2)14-12(16)15-9(3)10-4-6-11(7-5-10)19(13,17)18/h4-9H,1-3H3,(H2,13,17,18)(H2,14,15,16)/t9-/m1/s1. The fraction of sp³-hybridized carbons (Fsp3) is 0.417. The Morgan fingerprint density at radius 2 is 1.63 bits per heavy atom. The van der Waals surface area contributed by atoms with E-state index >= 15 is 0 Å². The third kappa shape index (κ3) is 4.88. The lowest BCUT2D eigenvalue weighted by atomic mass is 10.1. The highest BCUT2D eigenvalue weighted by Gasteiger charge is 2.12. The van der Waals surface area contributed by atoms with Gasteiger partial charge >= 0.3 is 6.03 Å². The number of sulfonamides is 1. The van der Waals surface area contributed by atoms with Crippen molar-refractivity contribution in [1.29, 1.82) is 0 Å². The SMILES string of the molecule is CC(C)NC(=O)N[C@H](C)c1ccc(S(N)(=O)=O)cc1. The van der Waals surface area contributed by atoms with Crippen molar-refractivity contribution in [1.82, 2.24) is 10.6 Å². The largest absolute Gasteiger partial charge is 0.336 e. The minimum absolute atomic E-state index is 0.0510. The van der Waals surface area contributed by atoms with E-state index < -0.39 is 10.0 Å². The van der Waals surface area contributed by atoms with Gasteiger partial charge in [0.25, 0.3) is 0 Å². The predicted octanol–water partition coefficient (Wildman–Crippen LogP) is 1.10. The van der Waals surface area contributed by atoms with Gasteiger partial charge in [-0.1, -0.05) is 12.1 Å². The fourth-order valence-electron chi connectivity index (χ4n) is 1.53. The Labute approximate surface area is 113 Å². The maximum Gasteiger partial charge on any atom is 0.315 e. The molecule has 19 heavy (non-hydrogen) atoms. The molecule has 0 saturated carbocycles. The minimum Gasteiger partial charge on any atom is -0.336 e. The van der Waals surface area contributed by atoms with Crippen molar-refractivity contribution in [3.63, 3.8) is 0 Å². The van der Waals surface area contributed by atoms with E-state index in [0.717, 1.165) is 5.56 Å². The zero-order valence-corrected chi connectivity index (χ0v) is 12.0. The quantitative estimate of drug-likeness (QED) is 0.772. The number of hydrogen-bond donors (Lipinski definition) is 3. The van der Waals surface area contributed by atoms with E-state index in [4.69, 9.17) is 5.14 Å². The van der Waals surface area contributed by atoms with Gasteiger partial charge in [-0.05, 0) is 38.5 Å². The van der Waals surface area contributed by atoms with Gasteiger partial charge in [-0.3, -0.25) is 0 Å². The van der Waals surface area contributed by atoms with Crippen LogP contribution in [-0.4, -0.2) is 20.5 Å². The van der Waals surface area contributed by atoms with E-state index in [1.807, 2.05) is 20.8 Å². The van der Waals surface area contributed by atoms with Crippen LogP contribution < -0.4 is 15.8 Å². The Hall–Kier alpha value is -1.60. The molecule has 0 unspecified atom stereocenters. The second-order valence-corrected chi connectivity index (χ2v) is 6.17. The Morgan fingerprint density at radius 1 is 1.11 bits per heavy atom. The lowest BCUT2D eigenvalue weighted by Gasteiger charge is -2.16. The zero-order valence-electron chi connectivity index (χ0n) is 11.2. The number of amides is 2. The van der Waals surface area contributed by atoms with E-state index in [9.17, 15) is 13.2 Å². The summed E-state index contributed by atoms with van der Waals surface area (Å²) in [6, 6.07) is 5.65. The summed E-state index contributed by atoms with van der Waals surface area (Å²) in [5, 5.41) is 10.5. The van der Waals surface area contributed by atoms with Gasteiger partial charge in [0.05, 0.1) is 10.9 Å². The summed E-state index contributed by atoms with van der Waals surface area (Å²) < 4.78 is 22.2. The second-order valence-electron chi connectivity index (χ2n) is 4.61. The van der Waals surface area contributed by atoms with Crippen LogP contribution >= 0.6 is 0 Å². The first-order valence-corrected chi connectivity index (χ1v) is 7.44. The molecule has 0 aliphatic rings. The van der Waals surface area contributed by atoms with Crippen molar-refractivity contribution in [2.24, 2.45) is 5.14 Å². The zero-order chi connectivity index (χ0) is 14.6. The molecule has 1 aromatic rings. The van der Waals surface area contributed by atoms with Crippen molar-refractivity contribution in [2.45, 2.75) is 37.8 Å². The summed E-state index contributed by atoms with van der Waals surface area (Å²) in [6.07, 6.45) is 0. The molecule has 106 valence electrons. The third-order valence-corrected chi connectivity index (χ3v) is 3.41. The summed E-state index contributed by atoms with van der Waals surface area (Å²) in [4.78, 5) is 11.6. The summed E-state index contributed by atoms with van der Waals surface area (Å²) in [5.41, 5.74) is 0.798. The van der Waals surface area contributed by atoms with Crippen LogP contribution in [0.15, 0.2) is 29.2 Å². The Morgan fingerprint density at radius 3 is 2.05 bits per heavy atom. The molecule has 6 nitrogen and oxygen atoms in total. The molecule has 0 aromatic heterocycles. The average molecular weight is 285 g/mol. The molecule has 0 bridgehead atoms. The monoisotopic (exact) mass is 285 g/mol. The van der Waals surface area contributed by atoms with E-state index in [-0.39, 0.29) is 23.0 Å². The number of primary sulfonamides is 1. The maximum atomic E-state index is 11.5. The van der Waals surface area contributed by atoms with Gasteiger partial charge in [0.15, 0.2) is 0 Å². The van der Waals surface area contributed by atoms with Crippen LogP contribution in [0.5, 0.6) is 0 Å². The molecule has 0 aliphatic carbocycles. The summed E-state index contributed by atoms with van der Waals surface area (Å²) >= 11 is 0.